The van der Waals surface area contributed by atoms with Crippen LogP contribution in [0.25, 0.3) is 0 Å². The van der Waals surface area contributed by atoms with Gasteiger partial charge in [-0.2, -0.15) is 0 Å². The summed E-state index contributed by atoms with van der Waals surface area (Å²) in [6.45, 7) is 2.02. The van der Waals surface area contributed by atoms with Crippen LogP contribution in [0, 0.1) is 0 Å². The Balaban J connectivity index is 2.20. The Labute approximate surface area is 169 Å². The zero-order valence-electron chi connectivity index (χ0n) is 15.8. The molecule has 0 aromatic heterocycles. The van der Waals surface area contributed by atoms with Gasteiger partial charge in [-0.3, -0.25) is 10.1 Å². The average Bonchev–Trinajstić information content (AvgIpc) is 2.69. The summed E-state index contributed by atoms with van der Waals surface area (Å²) in [4.78, 5) is 23.5. The van der Waals surface area contributed by atoms with Crippen molar-refractivity contribution in [3.8, 4) is 11.5 Å². The van der Waals surface area contributed by atoms with Gasteiger partial charge < -0.3 is 20.1 Å². The molecule has 0 saturated heterocycles. The van der Waals surface area contributed by atoms with Gasteiger partial charge in [0.25, 0.3) is 0 Å². The summed E-state index contributed by atoms with van der Waals surface area (Å²) in [5, 5.41) is 8.15. The molecule has 0 aliphatic rings. The van der Waals surface area contributed by atoms with Crippen molar-refractivity contribution >= 4 is 40.7 Å². The van der Waals surface area contributed by atoms with Crippen molar-refractivity contribution in [1.82, 2.24) is 5.32 Å². The van der Waals surface area contributed by atoms with Crippen LogP contribution < -0.4 is 20.7 Å². The number of thiocarbonyl (C=S) groups is 1. The van der Waals surface area contributed by atoms with Crippen molar-refractivity contribution in [3.05, 3.63) is 48.5 Å². The number of rotatable bonds is 7. The van der Waals surface area contributed by atoms with E-state index in [9.17, 15) is 9.59 Å². The number of methoxy groups -OCH3 is 1. The molecule has 28 heavy (non-hydrogen) atoms. The Morgan fingerprint density at radius 3 is 2.43 bits per heavy atom. The van der Waals surface area contributed by atoms with E-state index in [1.165, 1.54) is 7.11 Å². The van der Waals surface area contributed by atoms with Gasteiger partial charge in [-0.15, -0.1) is 0 Å². The zero-order valence-corrected chi connectivity index (χ0v) is 16.6. The number of carbonyl (C=O) groups excluding carboxylic acids is 2. The molecule has 2 amide bonds. The maximum absolute atomic E-state index is 12.2. The largest absolute Gasteiger partial charge is 0.457 e. The highest BCUT2D eigenvalue weighted by molar-refractivity contribution is 7.80. The van der Waals surface area contributed by atoms with Gasteiger partial charge in [0.05, 0.1) is 18.5 Å². The summed E-state index contributed by atoms with van der Waals surface area (Å²) < 4.78 is 10.3. The zero-order chi connectivity index (χ0) is 20.4. The fourth-order valence-electron chi connectivity index (χ4n) is 2.27. The van der Waals surface area contributed by atoms with Crippen molar-refractivity contribution in [3.63, 3.8) is 0 Å². The van der Waals surface area contributed by atoms with E-state index < -0.39 is 6.09 Å². The summed E-state index contributed by atoms with van der Waals surface area (Å²) >= 11 is 5.09. The Hall–Kier alpha value is -3.13. The molecule has 0 atom stereocenters. The van der Waals surface area contributed by atoms with Crippen LogP contribution in [0.4, 0.5) is 16.2 Å². The van der Waals surface area contributed by atoms with Crippen molar-refractivity contribution in [2.45, 2.75) is 26.2 Å². The van der Waals surface area contributed by atoms with Gasteiger partial charge in [0.1, 0.15) is 11.5 Å². The molecular weight excluding hydrogens is 378 g/mol. The third-order valence-electron chi connectivity index (χ3n) is 3.65. The van der Waals surface area contributed by atoms with Crippen LogP contribution in [0.2, 0.25) is 0 Å². The standard InChI is InChI=1S/C20H23N3O4S/c1-3-4-10-18(24)21-17-13-15(27-14-8-6-5-7-9-14)11-12-16(17)22-19(28)23-20(25)26-2/h5-9,11-13H,3-4,10H2,1-2H3,(H,21,24)(H2,22,23,25,28). The lowest BCUT2D eigenvalue weighted by atomic mass is 10.2. The number of carbonyl (C=O) groups is 2. The number of unbranched alkanes of at least 4 members (excludes halogenated alkanes) is 1. The van der Waals surface area contributed by atoms with E-state index in [1.54, 1.807) is 18.2 Å². The molecule has 0 fully saturated rings. The summed E-state index contributed by atoms with van der Waals surface area (Å²) in [6.07, 6.45) is 1.43. The fraction of sp³-hybridized carbons (Fsp3) is 0.250. The Bertz CT molecular complexity index is 827. The minimum atomic E-state index is -0.685. The monoisotopic (exact) mass is 401 g/mol. The van der Waals surface area contributed by atoms with Crippen LogP contribution in [0.5, 0.6) is 11.5 Å². The van der Waals surface area contributed by atoms with Crippen LogP contribution >= 0.6 is 12.2 Å². The molecule has 0 unspecified atom stereocenters. The summed E-state index contributed by atoms with van der Waals surface area (Å²) in [6, 6.07) is 14.4. The minimum Gasteiger partial charge on any atom is -0.457 e. The molecule has 7 nitrogen and oxygen atoms in total. The minimum absolute atomic E-state index is 0.0487. The number of hydrogen-bond acceptors (Lipinski definition) is 5. The van der Waals surface area contributed by atoms with Crippen LogP contribution in [0.3, 0.4) is 0 Å². The fourth-order valence-corrected chi connectivity index (χ4v) is 2.46. The average molecular weight is 401 g/mol. The van der Waals surface area contributed by atoms with E-state index >= 15 is 0 Å². The first-order chi connectivity index (χ1) is 13.5. The molecule has 0 spiro atoms. The smallest absolute Gasteiger partial charge is 0.413 e. The van der Waals surface area contributed by atoms with E-state index in [0.717, 1.165) is 12.8 Å². The van der Waals surface area contributed by atoms with Crippen molar-refractivity contribution in [1.29, 1.82) is 0 Å². The maximum atomic E-state index is 12.2. The lowest BCUT2D eigenvalue weighted by Crippen LogP contribution is -2.34. The number of hydrogen-bond donors (Lipinski definition) is 3. The normalized spacial score (nSPS) is 9.93. The molecule has 2 aromatic rings. The third-order valence-corrected chi connectivity index (χ3v) is 3.85. The molecule has 0 aliphatic heterocycles. The number of amides is 2. The van der Waals surface area contributed by atoms with Crippen LogP contribution in [0.15, 0.2) is 48.5 Å². The van der Waals surface area contributed by atoms with Gasteiger partial charge in [0, 0.05) is 12.5 Å². The first kappa shape index (κ1) is 21.2. The quantitative estimate of drug-likeness (QED) is 0.585. The highest BCUT2D eigenvalue weighted by Crippen LogP contribution is 2.30. The summed E-state index contributed by atoms with van der Waals surface area (Å²) in [5.74, 6) is 1.11. The van der Waals surface area contributed by atoms with E-state index in [2.05, 4.69) is 20.7 Å². The van der Waals surface area contributed by atoms with E-state index in [4.69, 9.17) is 17.0 Å². The number of alkyl carbamates (subject to hydrolysis) is 1. The SMILES string of the molecule is CCCCC(=O)Nc1cc(Oc2ccccc2)ccc1NC(=S)NC(=O)OC. The molecule has 2 rings (SSSR count). The van der Waals surface area contributed by atoms with Crippen molar-refractivity contribution in [2.24, 2.45) is 0 Å². The summed E-state index contributed by atoms with van der Waals surface area (Å²) in [7, 11) is 1.24. The van der Waals surface area contributed by atoms with Gasteiger partial charge >= 0.3 is 6.09 Å². The third kappa shape index (κ3) is 6.88. The van der Waals surface area contributed by atoms with Gasteiger partial charge in [-0.25, -0.2) is 4.79 Å². The summed E-state index contributed by atoms with van der Waals surface area (Å²) in [5.41, 5.74) is 1.01. The molecule has 0 heterocycles. The first-order valence-corrected chi connectivity index (χ1v) is 9.25. The highest BCUT2D eigenvalue weighted by Gasteiger charge is 2.12. The Morgan fingerprint density at radius 1 is 1.00 bits per heavy atom. The Morgan fingerprint density at radius 2 is 1.75 bits per heavy atom. The topological polar surface area (TPSA) is 88.7 Å². The Kier molecular flexibility index (Phi) is 8.23. The van der Waals surface area contributed by atoms with Gasteiger partial charge in [0.15, 0.2) is 5.11 Å². The van der Waals surface area contributed by atoms with E-state index in [0.29, 0.717) is 29.3 Å². The molecule has 148 valence electrons. The van der Waals surface area contributed by atoms with Crippen molar-refractivity contribution in [2.75, 3.05) is 17.7 Å². The second-order valence-corrected chi connectivity index (χ2v) is 6.25. The highest BCUT2D eigenvalue weighted by atomic mass is 32.1. The molecule has 3 N–H and O–H groups in total. The van der Waals surface area contributed by atoms with E-state index in [-0.39, 0.29) is 11.0 Å². The molecule has 0 saturated carbocycles. The molecule has 2 aromatic carbocycles. The van der Waals surface area contributed by atoms with Crippen LogP contribution in [-0.4, -0.2) is 24.2 Å². The molecule has 0 aliphatic carbocycles. The van der Waals surface area contributed by atoms with Crippen LogP contribution in [-0.2, 0) is 9.53 Å². The second-order valence-electron chi connectivity index (χ2n) is 5.84. The number of benzene rings is 2. The lowest BCUT2D eigenvalue weighted by molar-refractivity contribution is -0.116. The molecular formula is C20H23N3O4S. The number of para-hydroxylation sites is 1. The first-order valence-electron chi connectivity index (χ1n) is 8.84. The number of nitrogens with one attached hydrogen (secondary N) is 3. The second kappa shape index (κ2) is 10.9. The number of ether oxygens (including phenoxy) is 2. The predicted octanol–water partition coefficient (Wildman–Crippen LogP) is 4.66. The molecule has 8 heteroatoms. The van der Waals surface area contributed by atoms with Gasteiger partial charge in [-0.1, -0.05) is 31.5 Å². The molecule has 0 bridgehead atoms. The number of anilines is 2. The maximum Gasteiger partial charge on any atom is 0.413 e. The van der Waals surface area contributed by atoms with E-state index in [1.807, 2.05) is 37.3 Å². The van der Waals surface area contributed by atoms with Crippen LogP contribution in [0.1, 0.15) is 26.2 Å². The lowest BCUT2D eigenvalue weighted by Gasteiger charge is -2.16. The predicted molar refractivity (Wildman–Crippen MR) is 113 cm³/mol. The van der Waals surface area contributed by atoms with Gasteiger partial charge in [-0.05, 0) is 42.9 Å². The molecule has 0 radical (unpaired) electrons. The van der Waals surface area contributed by atoms with Crippen molar-refractivity contribution < 1.29 is 19.1 Å². The van der Waals surface area contributed by atoms with Gasteiger partial charge in [0.2, 0.25) is 5.91 Å².